The summed E-state index contributed by atoms with van der Waals surface area (Å²) in [6.07, 6.45) is 1.01. The number of fused-ring (bicyclic) bond motifs is 4. The number of anilines is 2. The van der Waals surface area contributed by atoms with Gasteiger partial charge < -0.3 is 15.0 Å². The van der Waals surface area contributed by atoms with Gasteiger partial charge in [0.1, 0.15) is 11.4 Å². The van der Waals surface area contributed by atoms with Crippen molar-refractivity contribution in [2.24, 2.45) is 0 Å². The molecule has 0 radical (unpaired) electrons. The largest absolute Gasteiger partial charge is 0.497 e. The van der Waals surface area contributed by atoms with E-state index < -0.39 is 5.66 Å². The number of para-hydroxylation sites is 1. The van der Waals surface area contributed by atoms with Crippen LogP contribution in [0.15, 0.2) is 42.5 Å². The van der Waals surface area contributed by atoms with Crippen molar-refractivity contribution in [1.82, 2.24) is 9.88 Å². The fraction of sp³-hybridized carbons (Fsp3) is 0.304. The lowest BCUT2D eigenvalue weighted by Crippen LogP contribution is -2.62. The van der Waals surface area contributed by atoms with E-state index in [4.69, 9.17) is 4.74 Å². The van der Waals surface area contributed by atoms with Crippen molar-refractivity contribution in [2.45, 2.75) is 31.8 Å². The molecule has 0 bridgehead atoms. The van der Waals surface area contributed by atoms with Gasteiger partial charge in [0.15, 0.2) is 5.13 Å². The van der Waals surface area contributed by atoms with Crippen LogP contribution in [0.25, 0.3) is 10.2 Å². The number of nitrogens with zero attached hydrogens (tertiary/aromatic N) is 3. The normalized spacial score (nSPS) is 19.8. The zero-order valence-corrected chi connectivity index (χ0v) is 18.6. The first-order chi connectivity index (χ1) is 15.4. The third-order valence-corrected chi connectivity index (χ3v) is 7.08. The van der Waals surface area contributed by atoms with Crippen LogP contribution in [0.5, 0.6) is 5.75 Å². The Kier molecular flexibility index (Phi) is 4.85. The topological polar surface area (TPSA) is 91.8 Å². The summed E-state index contributed by atoms with van der Waals surface area (Å²) in [5.74, 6) is 0.328. The highest BCUT2D eigenvalue weighted by atomic mass is 32.1. The molecule has 3 heterocycles. The Morgan fingerprint density at radius 1 is 1.25 bits per heavy atom. The van der Waals surface area contributed by atoms with Crippen molar-refractivity contribution < 1.29 is 19.1 Å². The van der Waals surface area contributed by atoms with Crippen LogP contribution < -0.4 is 15.0 Å². The van der Waals surface area contributed by atoms with E-state index in [-0.39, 0.29) is 30.7 Å². The van der Waals surface area contributed by atoms with E-state index in [2.05, 4.69) is 10.3 Å². The van der Waals surface area contributed by atoms with Crippen LogP contribution in [-0.2, 0) is 9.59 Å². The fourth-order valence-corrected chi connectivity index (χ4v) is 5.43. The molecule has 0 spiro atoms. The van der Waals surface area contributed by atoms with Gasteiger partial charge in [0.25, 0.3) is 5.91 Å². The number of nitrogens with one attached hydrogen (secondary N) is 1. The van der Waals surface area contributed by atoms with Crippen molar-refractivity contribution >= 4 is 50.1 Å². The van der Waals surface area contributed by atoms with E-state index in [1.54, 1.807) is 35.1 Å². The molecule has 8 nitrogen and oxygen atoms in total. The Bertz CT molecular complexity index is 1260. The highest BCUT2D eigenvalue weighted by molar-refractivity contribution is 7.22. The van der Waals surface area contributed by atoms with Crippen molar-refractivity contribution in [3.63, 3.8) is 0 Å². The molecule has 3 amide bonds. The fourth-order valence-electron chi connectivity index (χ4n) is 4.52. The molecule has 1 saturated heterocycles. The number of hydrogen-bond donors (Lipinski definition) is 1. The lowest BCUT2D eigenvalue weighted by atomic mass is 9.98. The molecule has 164 valence electrons. The van der Waals surface area contributed by atoms with Gasteiger partial charge in [-0.15, -0.1) is 0 Å². The second-order valence-electron chi connectivity index (χ2n) is 8.07. The van der Waals surface area contributed by atoms with Crippen molar-refractivity contribution in [2.75, 3.05) is 23.9 Å². The molecule has 2 aromatic carbocycles. The van der Waals surface area contributed by atoms with Gasteiger partial charge in [-0.2, -0.15) is 0 Å². The molecule has 1 unspecified atom stereocenters. The summed E-state index contributed by atoms with van der Waals surface area (Å²) in [4.78, 5) is 46.4. The Hall–Kier alpha value is -3.46. The Morgan fingerprint density at radius 2 is 2.06 bits per heavy atom. The number of hydrogen-bond acceptors (Lipinski definition) is 6. The number of rotatable bonds is 5. The van der Waals surface area contributed by atoms with E-state index in [1.165, 1.54) is 11.3 Å². The van der Waals surface area contributed by atoms with E-state index >= 15 is 0 Å². The number of aromatic nitrogens is 1. The Labute approximate surface area is 188 Å². The smallest absolute Gasteiger partial charge is 0.257 e. The second kappa shape index (κ2) is 7.59. The average molecular weight is 451 g/mol. The van der Waals surface area contributed by atoms with Crippen LogP contribution in [0.4, 0.5) is 10.8 Å². The highest BCUT2D eigenvalue weighted by Gasteiger charge is 2.52. The first-order valence-electron chi connectivity index (χ1n) is 10.4. The standard InChI is InChI=1S/C23H22N4O4S/c1-23-11-9-20(29)27(23)17-6-4-3-5-15(17)21(30)26(23)12-10-19(28)25-22-24-16-8-7-14(31-2)13-18(16)32-22/h3-8,13H,9-12H2,1-2H3,(H,24,25,28). The van der Waals surface area contributed by atoms with Crippen LogP contribution in [0.2, 0.25) is 0 Å². The van der Waals surface area contributed by atoms with Crippen molar-refractivity contribution in [1.29, 1.82) is 0 Å². The first kappa shape index (κ1) is 20.4. The molecule has 2 aliphatic rings. The van der Waals surface area contributed by atoms with Gasteiger partial charge in [-0.1, -0.05) is 23.5 Å². The lowest BCUT2D eigenvalue weighted by Gasteiger charge is -2.48. The van der Waals surface area contributed by atoms with Gasteiger partial charge in [0.2, 0.25) is 11.8 Å². The van der Waals surface area contributed by atoms with Crippen LogP contribution in [0.1, 0.15) is 36.5 Å². The van der Waals surface area contributed by atoms with Crippen molar-refractivity contribution in [3.8, 4) is 5.75 Å². The summed E-state index contributed by atoms with van der Waals surface area (Å²) >= 11 is 1.37. The van der Waals surface area contributed by atoms with Crippen molar-refractivity contribution in [3.05, 3.63) is 48.0 Å². The van der Waals surface area contributed by atoms with Crippen LogP contribution in [0, 0.1) is 0 Å². The molecule has 0 saturated carbocycles. The van der Waals surface area contributed by atoms with Crippen LogP contribution in [-0.4, -0.2) is 46.9 Å². The molecule has 9 heteroatoms. The third kappa shape index (κ3) is 3.20. The summed E-state index contributed by atoms with van der Waals surface area (Å²) < 4.78 is 6.14. The predicted octanol–water partition coefficient (Wildman–Crippen LogP) is 3.63. The highest BCUT2D eigenvalue weighted by Crippen LogP contribution is 2.44. The molecule has 1 atom stereocenters. The van der Waals surface area contributed by atoms with E-state index in [1.807, 2.05) is 31.2 Å². The second-order valence-corrected chi connectivity index (χ2v) is 9.10. The zero-order valence-electron chi connectivity index (χ0n) is 17.8. The molecule has 32 heavy (non-hydrogen) atoms. The Balaban J connectivity index is 1.33. The number of ether oxygens (including phenoxy) is 1. The quantitative estimate of drug-likeness (QED) is 0.641. The minimum atomic E-state index is -0.769. The maximum Gasteiger partial charge on any atom is 0.257 e. The van der Waals surface area contributed by atoms with Gasteiger partial charge in [0.05, 0.1) is 28.6 Å². The molecule has 1 fully saturated rings. The van der Waals surface area contributed by atoms with Gasteiger partial charge in [-0.05, 0) is 43.7 Å². The number of carbonyl (C=O) groups is 3. The average Bonchev–Trinajstić information content (AvgIpc) is 3.32. The number of methoxy groups -OCH3 is 1. The van der Waals surface area contributed by atoms with Gasteiger partial charge >= 0.3 is 0 Å². The van der Waals surface area contributed by atoms with Gasteiger partial charge in [0, 0.05) is 19.4 Å². The molecule has 2 aliphatic heterocycles. The molecule has 3 aromatic rings. The summed E-state index contributed by atoms with van der Waals surface area (Å²) in [5.41, 5.74) is 1.14. The molecule has 1 aromatic heterocycles. The SMILES string of the molecule is COc1ccc2nc(NC(=O)CCN3C(=O)c4ccccc4N4C(=O)CCC34C)sc2c1. The summed E-state index contributed by atoms with van der Waals surface area (Å²) in [6.45, 7) is 2.10. The van der Waals surface area contributed by atoms with Gasteiger partial charge in [-0.25, -0.2) is 4.98 Å². The van der Waals surface area contributed by atoms with Gasteiger partial charge in [-0.3, -0.25) is 19.3 Å². The molecule has 5 rings (SSSR count). The monoisotopic (exact) mass is 450 g/mol. The maximum atomic E-state index is 13.3. The van der Waals surface area contributed by atoms with Crippen LogP contribution in [0.3, 0.4) is 0 Å². The number of amides is 3. The minimum Gasteiger partial charge on any atom is -0.497 e. The predicted molar refractivity (Wildman–Crippen MR) is 122 cm³/mol. The van der Waals surface area contributed by atoms with E-state index in [0.29, 0.717) is 29.2 Å². The van der Waals surface area contributed by atoms with Crippen LogP contribution >= 0.6 is 11.3 Å². The van der Waals surface area contributed by atoms with E-state index in [0.717, 1.165) is 16.0 Å². The van der Waals surface area contributed by atoms with E-state index in [9.17, 15) is 14.4 Å². The lowest BCUT2D eigenvalue weighted by molar-refractivity contribution is -0.117. The molecular weight excluding hydrogens is 428 g/mol. The maximum absolute atomic E-state index is 13.3. The summed E-state index contributed by atoms with van der Waals surface area (Å²) in [5, 5.41) is 3.33. The molecule has 1 N–H and O–H groups in total. The Morgan fingerprint density at radius 3 is 2.88 bits per heavy atom. The minimum absolute atomic E-state index is 0.00759. The summed E-state index contributed by atoms with van der Waals surface area (Å²) in [6, 6.07) is 12.7. The third-order valence-electron chi connectivity index (χ3n) is 6.15. The number of benzene rings is 2. The molecule has 0 aliphatic carbocycles. The number of carbonyl (C=O) groups excluding carboxylic acids is 3. The zero-order chi connectivity index (χ0) is 22.5. The molecular formula is C23H22N4O4S. The first-order valence-corrected chi connectivity index (χ1v) is 11.2. The summed E-state index contributed by atoms with van der Waals surface area (Å²) in [7, 11) is 1.60. The number of thiazole rings is 1.